The summed E-state index contributed by atoms with van der Waals surface area (Å²) in [4.78, 5) is 0. The SMILES string of the molecule is CCB1O[C@H]([C@H]2COB(CC)O2)[C@@H]([C@H]2COB(CC)O2)O1. The van der Waals surface area contributed by atoms with Gasteiger partial charge in [-0.3, -0.25) is 0 Å². The molecule has 21 heavy (non-hydrogen) atoms. The highest BCUT2D eigenvalue weighted by molar-refractivity contribution is 6.46. The third kappa shape index (κ3) is 3.33. The minimum absolute atomic E-state index is 0.0965. The highest BCUT2D eigenvalue weighted by atomic mass is 16.7. The molecule has 0 aromatic rings. The van der Waals surface area contributed by atoms with Crippen LogP contribution in [0.3, 0.4) is 0 Å². The van der Waals surface area contributed by atoms with Gasteiger partial charge in [-0.15, -0.1) is 0 Å². The zero-order valence-electron chi connectivity index (χ0n) is 13.0. The van der Waals surface area contributed by atoms with Crippen LogP contribution in [-0.2, 0) is 27.9 Å². The van der Waals surface area contributed by atoms with E-state index in [4.69, 9.17) is 27.9 Å². The first kappa shape index (κ1) is 15.8. The molecule has 9 heteroatoms. The second-order valence-corrected chi connectivity index (χ2v) is 5.73. The summed E-state index contributed by atoms with van der Waals surface area (Å²) >= 11 is 0. The molecule has 0 radical (unpaired) electrons. The van der Waals surface area contributed by atoms with Gasteiger partial charge < -0.3 is 27.9 Å². The maximum Gasteiger partial charge on any atom is 0.457 e. The van der Waals surface area contributed by atoms with E-state index in [-0.39, 0.29) is 45.8 Å². The summed E-state index contributed by atoms with van der Waals surface area (Å²) in [5.74, 6) is 0. The van der Waals surface area contributed by atoms with Crippen molar-refractivity contribution in [1.29, 1.82) is 0 Å². The van der Waals surface area contributed by atoms with E-state index in [0.717, 1.165) is 19.0 Å². The molecule has 0 spiro atoms. The Labute approximate surface area is 127 Å². The number of hydrogen-bond acceptors (Lipinski definition) is 6. The van der Waals surface area contributed by atoms with Gasteiger partial charge in [0.25, 0.3) is 0 Å². The lowest BCUT2D eigenvalue weighted by Crippen LogP contribution is -2.44. The maximum atomic E-state index is 6.02. The first-order valence-electron chi connectivity index (χ1n) is 8.10. The van der Waals surface area contributed by atoms with Crippen molar-refractivity contribution in [3.63, 3.8) is 0 Å². The Morgan fingerprint density at radius 3 is 1.43 bits per heavy atom. The van der Waals surface area contributed by atoms with Gasteiger partial charge in [0.15, 0.2) is 0 Å². The van der Waals surface area contributed by atoms with Gasteiger partial charge in [-0.2, -0.15) is 0 Å². The summed E-state index contributed by atoms with van der Waals surface area (Å²) in [5, 5.41) is 0. The molecule has 3 fully saturated rings. The Balaban J connectivity index is 1.65. The molecule has 4 atom stereocenters. The van der Waals surface area contributed by atoms with Crippen LogP contribution in [0.2, 0.25) is 19.0 Å². The Morgan fingerprint density at radius 1 is 0.667 bits per heavy atom. The van der Waals surface area contributed by atoms with Crippen molar-refractivity contribution >= 4 is 21.4 Å². The van der Waals surface area contributed by atoms with E-state index in [1.807, 2.05) is 20.8 Å². The smallest absolute Gasteiger partial charge is 0.408 e. The summed E-state index contributed by atoms with van der Waals surface area (Å²) in [6, 6.07) is 0. The molecular formula is C12H23B3O6. The molecule has 0 aromatic carbocycles. The molecule has 0 saturated carbocycles. The third-order valence-corrected chi connectivity index (χ3v) is 4.22. The van der Waals surface area contributed by atoms with Crippen molar-refractivity contribution < 1.29 is 27.9 Å². The van der Waals surface area contributed by atoms with Gasteiger partial charge in [0.2, 0.25) is 0 Å². The van der Waals surface area contributed by atoms with Crippen LogP contribution in [0.1, 0.15) is 20.8 Å². The van der Waals surface area contributed by atoms with Crippen molar-refractivity contribution in [2.75, 3.05) is 13.2 Å². The van der Waals surface area contributed by atoms with Gasteiger partial charge in [-0.25, -0.2) is 0 Å². The maximum absolute atomic E-state index is 6.02. The third-order valence-electron chi connectivity index (χ3n) is 4.22. The van der Waals surface area contributed by atoms with Crippen LogP contribution < -0.4 is 0 Å². The minimum atomic E-state index is -0.200. The van der Waals surface area contributed by atoms with Gasteiger partial charge in [0, 0.05) is 0 Å². The predicted octanol–water partition coefficient (Wildman–Crippen LogP) is 1.13. The molecule has 3 rings (SSSR count). The van der Waals surface area contributed by atoms with Crippen molar-refractivity contribution in [3.05, 3.63) is 0 Å². The van der Waals surface area contributed by atoms with Gasteiger partial charge in [-0.05, 0) is 19.0 Å². The van der Waals surface area contributed by atoms with Crippen LogP contribution in [0.5, 0.6) is 0 Å². The minimum Gasteiger partial charge on any atom is -0.408 e. The summed E-state index contributed by atoms with van der Waals surface area (Å²) < 4.78 is 35.1. The molecule has 0 bridgehead atoms. The molecular weight excluding hydrogens is 273 g/mol. The highest BCUT2D eigenvalue weighted by Gasteiger charge is 2.51. The number of rotatable bonds is 5. The average Bonchev–Trinajstić information content (AvgIpc) is 3.23. The first-order valence-corrected chi connectivity index (χ1v) is 8.10. The lowest BCUT2D eigenvalue weighted by atomic mass is 9.86. The fraction of sp³-hybridized carbons (Fsp3) is 1.00. The lowest BCUT2D eigenvalue weighted by molar-refractivity contribution is -0.00485. The first-order chi connectivity index (χ1) is 10.2. The lowest BCUT2D eigenvalue weighted by Gasteiger charge is -2.27. The van der Waals surface area contributed by atoms with Crippen molar-refractivity contribution in [2.24, 2.45) is 0 Å². The molecule has 0 unspecified atom stereocenters. The molecule has 3 aliphatic heterocycles. The zero-order valence-corrected chi connectivity index (χ0v) is 13.0. The van der Waals surface area contributed by atoms with Crippen LogP contribution in [0.4, 0.5) is 0 Å². The fourth-order valence-electron chi connectivity index (χ4n) is 3.05. The Morgan fingerprint density at radius 2 is 1.10 bits per heavy atom. The van der Waals surface area contributed by atoms with Crippen LogP contribution in [0.25, 0.3) is 0 Å². The summed E-state index contributed by atoms with van der Waals surface area (Å²) in [7, 11) is -0.471. The Hall–Kier alpha value is -0.0452. The Kier molecular flexibility index (Phi) is 5.29. The van der Waals surface area contributed by atoms with Crippen molar-refractivity contribution in [2.45, 2.75) is 64.1 Å². The molecule has 0 N–H and O–H groups in total. The Bertz CT molecular complexity index is 319. The summed E-state index contributed by atoms with van der Waals surface area (Å²) in [5.41, 5.74) is 0. The van der Waals surface area contributed by atoms with Crippen molar-refractivity contribution in [3.8, 4) is 0 Å². The van der Waals surface area contributed by atoms with E-state index >= 15 is 0 Å². The second-order valence-electron chi connectivity index (χ2n) is 5.73. The van der Waals surface area contributed by atoms with Gasteiger partial charge in [0.1, 0.15) is 0 Å². The molecule has 0 aliphatic carbocycles. The fourth-order valence-corrected chi connectivity index (χ4v) is 3.05. The van der Waals surface area contributed by atoms with E-state index in [1.54, 1.807) is 0 Å². The molecule has 0 amide bonds. The van der Waals surface area contributed by atoms with E-state index < -0.39 is 0 Å². The number of hydrogen-bond donors (Lipinski definition) is 0. The van der Waals surface area contributed by atoms with E-state index in [1.165, 1.54) is 0 Å². The predicted molar refractivity (Wildman–Crippen MR) is 80.1 cm³/mol. The van der Waals surface area contributed by atoms with E-state index in [9.17, 15) is 0 Å². The molecule has 116 valence electrons. The van der Waals surface area contributed by atoms with E-state index in [2.05, 4.69) is 0 Å². The molecule has 6 nitrogen and oxygen atoms in total. The van der Waals surface area contributed by atoms with Crippen LogP contribution in [0, 0.1) is 0 Å². The summed E-state index contributed by atoms with van der Waals surface area (Å²) in [6.07, 6.45) is 1.98. The normalized spacial score (nSPS) is 37.0. The largest absolute Gasteiger partial charge is 0.457 e. The summed E-state index contributed by atoms with van der Waals surface area (Å²) in [6.45, 7) is 7.23. The van der Waals surface area contributed by atoms with E-state index in [0.29, 0.717) is 13.2 Å². The van der Waals surface area contributed by atoms with Crippen LogP contribution in [0.15, 0.2) is 0 Å². The quantitative estimate of drug-likeness (QED) is 0.709. The van der Waals surface area contributed by atoms with Crippen LogP contribution in [-0.4, -0.2) is 59.0 Å². The molecule has 3 saturated heterocycles. The second kappa shape index (κ2) is 7.02. The van der Waals surface area contributed by atoms with Crippen molar-refractivity contribution in [1.82, 2.24) is 0 Å². The zero-order chi connectivity index (χ0) is 14.8. The molecule has 3 heterocycles. The monoisotopic (exact) mass is 296 g/mol. The topological polar surface area (TPSA) is 55.4 Å². The molecule has 0 aromatic heterocycles. The average molecular weight is 296 g/mol. The van der Waals surface area contributed by atoms with Gasteiger partial charge in [-0.1, -0.05) is 20.8 Å². The highest BCUT2D eigenvalue weighted by Crippen LogP contribution is 2.31. The van der Waals surface area contributed by atoms with Gasteiger partial charge in [0.05, 0.1) is 37.6 Å². The van der Waals surface area contributed by atoms with Crippen LogP contribution >= 0.6 is 0 Å². The standard InChI is InChI=1S/C12H23B3O6/c1-4-13-16-7-9(18-13)11-12(21-15(6-3)20-11)10-8-17-14(5-2)19-10/h9-12H,4-8H2,1-3H3/t9-,10-,11-,12-/m1/s1. The van der Waals surface area contributed by atoms with Gasteiger partial charge >= 0.3 is 21.4 Å². The molecule has 3 aliphatic rings.